The fourth-order valence-corrected chi connectivity index (χ4v) is 11.3. The fraction of sp³-hybridized carbons (Fsp3) is 0.481. The summed E-state index contributed by atoms with van der Waals surface area (Å²) in [5.41, 5.74) is 4.84. The lowest BCUT2D eigenvalue weighted by Crippen LogP contribution is -2.60. The minimum Gasteiger partial charge on any atom is -0.341 e. The number of nitrogens with zero attached hydrogens (tertiary/aromatic N) is 6. The lowest BCUT2D eigenvalue weighted by Gasteiger charge is -2.39. The summed E-state index contributed by atoms with van der Waals surface area (Å²) < 4.78 is 0. The zero-order chi connectivity index (χ0) is 50.9. The monoisotopic (exact) mass is 1000 g/mol. The highest BCUT2D eigenvalue weighted by Crippen LogP contribution is 2.40. The van der Waals surface area contributed by atoms with Gasteiger partial charge in [0.25, 0.3) is 0 Å². The second-order valence-electron chi connectivity index (χ2n) is 19.2. The molecule has 3 aliphatic heterocycles. The molecule has 7 atom stereocenters. The lowest BCUT2D eigenvalue weighted by molar-refractivity contribution is -0.144. The molecule has 5 heterocycles. The smallest absolute Gasteiger partial charge is 0.247 e. The van der Waals surface area contributed by atoms with Crippen molar-refractivity contribution in [2.45, 2.75) is 121 Å². The van der Waals surface area contributed by atoms with Crippen LogP contribution in [-0.2, 0) is 28.8 Å². The maximum absolute atomic E-state index is 14.8. The van der Waals surface area contributed by atoms with Crippen molar-refractivity contribution >= 4 is 57.8 Å². The number of hydrogen-bond acceptors (Lipinski definition) is 11. The van der Waals surface area contributed by atoms with Gasteiger partial charge in [0.15, 0.2) is 0 Å². The van der Waals surface area contributed by atoms with Crippen LogP contribution in [0.2, 0.25) is 0 Å². The van der Waals surface area contributed by atoms with Gasteiger partial charge >= 0.3 is 0 Å². The van der Waals surface area contributed by atoms with Gasteiger partial charge in [-0.05, 0) is 97.0 Å². The molecule has 8 rings (SSSR count). The largest absolute Gasteiger partial charge is 0.341 e. The molecule has 5 aromatic rings. The van der Waals surface area contributed by atoms with E-state index in [0.717, 1.165) is 56.9 Å². The molecule has 18 heteroatoms. The maximum atomic E-state index is 14.8. The molecule has 0 spiro atoms. The van der Waals surface area contributed by atoms with Crippen molar-refractivity contribution in [3.05, 3.63) is 95.9 Å². The summed E-state index contributed by atoms with van der Waals surface area (Å²) in [6.07, 6.45) is 6.47. The van der Waals surface area contributed by atoms with Crippen LogP contribution in [-0.4, -0.2) is 147 Å². The van der Waals surface area contributed by atoms with Crippen LogP contribution in [0.5, 0.6) is 0 Å². The van der Waals surface area contributed by atoms with Gasteiger partial charge in [0.1, 0.15) is 22.9 Å². The number of H-pyrrole nitrogens is 1. The van der Waals surface area contributed by atoms with E-state index in [4.69, 9.17) is 9.97 Å². The molecule has 382 valence electrons. The standard InChI is InChI=1S/C54H69N11O6S/c1-6-62(32-41(59-50(68)34(2)55-4)53(70)64-29-16-23-44(64)52-57-31-45(72-52)37-19-11-8-12-20-37)46(66)24-13-14-25-47(67)63-30-28-38-26-27-43(65(38)54(71)42(33-63)60-51(69)35(3)56-5)49-58-40-22-15-21-39(48(40)61-49)36-17-9-7-10-18-36/h7-12,15,17-22,31,34-35,38,41-44,55-56H,6,13-14,16,23-30,32-33H2,1-5H3,(H,58,61)(H,59,68)(H,60,69)/t34-,35-,38+,41-,42-,43-,44-/m0/s1. The Balaban J connectivity index is 0.902. The number of amides is 6. The Hall–Kier alpha value is -6.50. The van der Waals surface area contributed by atoms with Crippen LogP contribution in [0.25, 0.3) is 32.6 Å². The van der Waals surface area contributed by atoms with Gasteiger partial charge in [-0.2, -0.15) is 0 Å². The number of unbranched alkanes of at least 4 members (excludes halogenated alkanes) is 1. The number of rotatable bonds is 19. The summed E-state index contributed by atoms with van der Waals surface area (Å²) in [7, 11) is 3.36. The van der Waals surface area contributed by atoms with Crippen molar-refractivity contribution in [2.75, 3.05) is 46.8 Å². The van der Waals surface area contributed by atoms with Crippen molar-refractivity contribution in [3.8, 4) is 21.6 Å². The van der Waals surface area contributed by atoms with Crippen LogP contribution in [0.15, 0.2) is 85.1 Å². The summed E-state index contributed by atoms with van der Waals surface area (Å²) in [5.74, 6) is -0.833. The zero-order valence-corrected chi connectivity index (χ0v) is 42.9. The Morgan fingerprint density at radius 1 is 0.819 bits per heavy atom. The number of para-hydroxylation sites is 1. The van der Waals surface area contributed by atoms with Crippen LogP contribution in [0, 0.1) is 0 Å². The maximum Gasteiger partial charge on any atom is 0.247 e. The first kappa shape index (κ1) is 51.8. The van der Waals surface area contributed by atoms with Crippen molar-refractivity contribution in [2.24, 2.45) is 0 Å². The molecule has 3 aromatic carbocycles. The molecule has 0 aliphatic carbocycles. The molecular formula is C54H69N11O6S. The predicted octanol–water partition coefficient (Wildman–Crippen LogP) is 5.58. The fourth-order valence-electron chi connectivity index (χ4n) is 10.2. The highest BCUT2D eigenvalue weighted by molar-refractivity contribution is 7.15. The van der Waals surface area contributed by atoms with E-state index in [9.17, 15) is 28.8 Å². The topological polar surface area (TPSA) is 205 Å². The molecule has 0 bridgehead atoms. The van der Waals surface area contributed by atoms with Crippen LogP contribution in [0.1, 0.15) is 101 Å². The summed E-state index contributed by atoms with van der Waals surface area (Å²) in [4.78, 5) is 105. The molecule has 6 amide bonds. The van der Waals surface area contributed by atoms with Gasteiger partial charge in [-0.15, -0.1) is 11.3 Å². The Labute approximate surface area is 425 Å². The minimum absolute atomic E-state index is 0.00316. The number of aromatic nitrogens is 3. The van der Waals surface area contributed by atoms with Gasteiger partial charge in [0.2, 0.25) is 35.4 Å². The quantitative estimate of drug-likeness (QED) is 0.0651. The van der Waals surface area contributed by atoms with Crippen molar-refractivity contribution in [3.63, 3.8) is 0 Å². The van der Waals surface area contributed by atoms with Gasteiger partial charge in [-0.3, -0.25) is 28.8 Å². The van der Waals surface area contributed by atoms with E-state index < -0.39 is 24.2 Å². The molecule has 3 fully saturated rings. The molecule has 3 saturated heterocycles. The second kappa shape index (κ2) is 23.8. The first-order chi connectivity index (χ1) is 34.9. The number of hydrogen-bond donors (Lipinski definition) is 5. The highest BCUT2D eigenvalue weighted by Gasteiger charge is 2.45. The molecule has 17 nitrogen and oxygen atoms in total. The average Bonchev–Trinajstić information content (AvgIpc) is 4.25. The molecule has 0 unspecified atom stereocenters. The SMILES string of the molecule is CCN(C[C@H](NC(=O)[C@H](C)NC)C(=O)N1CCC[C@H]1c1ncc(-c2ccccc2)s1)C(=O)CCCCC(=O)N1CC[C@H]2CC[C@@H](c3nc4cccc(-c5ccccc5)c4[nH]3)N2C(=O)[C@@H](NC(=O)[C@H](C)NC)C1. The highest BCUT2D eigenvalue weighted by atomic mass is 32.1. The predicted molar refractivity (Wildman–Crippen MR) is 278 cm³/mol. The number of carbonyl (C=O) groups excluding carboxylic acids is 6. The molecule has 72 heavy (non-hydrogen) atoms. The Morgan fingerprint density at radius 2 is 1.53 bits per heavy atom. The normalized spacial score (nSPS) is 20.3. The van der Waals surface area contributed by atoms with Gasteiger partial charge in [0, 0.05) is 63.4 Å². The molecule has 5 N–H and O–H groups in total. The Morgan fingerprint density at radius 3 is 2.25 bits per heavy atom. The molecule has 2 aromatic heterocycles. The van der Waals surface area contributed by atoms with E-state index in [-0.39, 0.29) is 79.5 Å². The molecule has 0 saturated carbocycles. The number of likely N-dealkylation sites (N-methyl/N-ethyl adjacent to an activating group) is 3. The van der Waals surface area contributed by atoms with Gasteiger partial charge < -0.3 is 45.9 Å². The van der Waals surface area contributed by atoms with Crippen LogP contribution >= 0.6 is 11.3 Å². The van der Waals surface area contributed by atoms with Gasteiger partial charge in [-0.25, -0.2) is 9.97 Å². The van der Waals surface area contributed by atoms with Crippen LogP contribution in [0.3, 0.4) is 0 Å². The number of aromatic amines is 1. The van der Waals surface area contributed by atoms with E-state index in [2.05, 4.69) is 44.5 Å². The van der Waals surface area contributed by atoms with E-state index >= 15 is 0 Å². The van der Waals surface area contributed by atoms with Crippen molar-refractivity contribution < 1.29 is 28.8 Å². The number of fused-ring (bicyclic) bond motifs is 2. The lowest BCUT2D eigenvalue weighted by atomic mass is 10.0. The summed E-state index contributed by atoms with van der Waals surface area (Å²) in [6.45, 7) is 6.53. The molecule has 0 radical (unpaired) electrons. The molecular weight excluding hydrogens is 931 g/mol. The zero-order valence-electron chi connectivity index (χ0n) is 42.1. The summed E-state index contributed by atoms with van der Waals surface area (Å²) in [5, 5.41) is 12.6. The Bertz CT molecular complexity index is 2700. The number of carbonyl (C=O) groups is 6. The van der Waals surface area contributed by atoms with E-state index in [1.807, 2.05) is 78.7 Å². The number of imidazole rings is 1. The minimum atomic E-state index is -0.985. The number of likely N-dealkylation sites (tertiary alicyclic amines) is 1. The summed E-state index contributed by atoms with van der Waals surface area (Å²) in [6, 6.07) is 22.3. The second-order valence-corrected chi connectivity index (χ2v) is 20.3. The number of nitrogens with one attached hydrogen (secondary N) is 5. The first-order valence-electron chi connectivity index (χ1n) is 25.6. The third kappa shape index (κ3) is 11.7. The number of benzene rings is 3. The number of thiazole rings is 1. The van der Waals surface area contributed by atoms with Crippen LogP contribution in [0.4, 0.5) is 0 Å². The first-order valence-corrected chi connectivity index (χ1v) is 26.4. The van der Waals surface area contributed by atoms with Gasteiger partial charge in [-0.1, -0.05) is 72.8 Å². The average molecular weight is 1000 g/mol. The third-order valence-electron chi connectivity index (χ3n) is 14.6. The van der Waals surface area contributed by atoms with E-state index in [1.54, 1.807) is 54.0 Å². The third-order valence-corrected chi connectivity index (χ3v) is 15.8. The summed E-state index contributed by atoms with van der Waals surface area (Å²) >= 11 is 1.56. The molecule has 3 aliphatic rings. The van der Waals surface area contributed by atoms with Crippen molar-refractivity contribution in [1.29, 1.82) is 0 Å². The van der Waals surface area contributed by atoms with E-state index in [0.29, 0.717) is 51.1 Å². The Kier molecular flexibility index (Phi) is 17.1. The van der Waals surface area contributed by atoms with Crippen molar-refractivity contribution in [1.82, 2.24) is 55.8 Å². The van der Waals surface area contributed by atoms with E-state index in [1.165, 1.54) is 0 Å². The van der Waals surface area contributed by atoms with Gasteiger partial charge in [0.05, 0.1) is 40.1 Å². The van der Waals surface area contributed by atoms with Crippen LogP contribution < -0.4 is 21.3 Å².